The Bertz CT molecular complexity index is 801. The number of aromatic nitrogens is 2. The van der Waals surface area contributed by atoms with Gasteiger partial charge >= 0.3 is 0 Å². The number of carbonyl (C=O) groups excluding carboxylic acids is 1. The van der Waals surface area contributed by atoms with Gasteiger partial charge in [-0.25, -0.2) is 4.98 Å². The number of anilines is 1. The van der Waals surface area contributed by atoms with Crippen LogP contribution in [0.2, 0.25) is 0 Å². The summed E-state index contributed by atoms with van der Waals surface area (Å²) < 4.78 is 0. The minimum Gasteiger partial charge on any atom is -0.325 e. The van der Waals surface area contributed by atoms with Gasteiger partial charge in [0.05, 0.1) is 29.5 Å². The molecule has 0 saturated carbocycles. The number of rotatable bonds is 3. The van der Waals surface area contributed by atoms with E-state index in [0.29, 0.717) is 5.69 Å². The molecule has 2 aromatic carbocycles. The number of nitrogens with zero attached hydrogens (tertiary/aromatic N) is 2. The highest BCUT2D eigenvalue weighted by Crippen LogP contribution is 2.22. The Kier molecular flexibility index (Phi) is 3.57. The maximum Gasteiger partial charge on any atom is 0.238 e. The molecule has 0 saturated heterocycles. The van der Waals surface area contributed by atoms with E-state index in [4.69, 9.17) is 5.73 Å². The van der Waals surface area contributed by atoms with E-state index in [2.05, 4.69) is 15.3 Å². The zero-order chi connectivity index (χ0) is 14.7. The highest BCUT2D eigenvalue weighted by Gasteiger charge is 2.05. The van der Waals surface area contributed by atoms with E-state index in [1.807, 2.05) is 48.5 Å². The van der Waals surface area contributed by atoms with Crippen LogP contribution >= 0.6 is 0 Å². The average molecular weight is 278 g/mol. The van der Waals surface area contributed by atoms with Gasteiger partial charge in [0.25, 0.3) is 0 Å². The Balaban J connectivity index is 1.98. The highest BCUT2D eigenvalue weighted by molar-refractivity contribution is 5.92. The molecule has 1 amide bonds. The maximum atomic E-state index is 11.3. The first-order chi connectivity index (χ1) is 10.3. The number of nitrogens with one attached hydrogen (secondary N) is 1. The standard InChI is InChI=1S/C16H14N4O/c17-9-16(21)19-12-5-3-4-11(8-12)15-10-18-13-6-1-2-7-14(13)20-15/h1-8,10H,9,17H2,(H,19,21). The molecule has 3 rings (SSSR count). The predicted molar refractivity (Wildman–Crippen MR) is 82.7 cm³/mol. The Hall–Kier alpha value is -2.79. The quantitative estimate of drug-likeness (QED) is 0.769. The third-order valence-corrected chi connectivity index (χ3v) is 3.08. The predicted octanol–water partition coefficient (Wildman–Crippen LogP) is 2.19. The van der Waals surface area contributed by atoms with Crippen molar-refractivity contribution in [3.05, 3.63) is 54.7 Å². The van der Waals surface area contributed by atoms with Crippen molar-refractivity contribution in [2.75, 3.05) is 11.9 Å². The second-order valence-electron chi connectivity index (χ2n) is 4.58. The van der Waals surface area contributed by atoms with Gasteiger partial charge in [-0.3, -0.25) is 9.78 Å². The second-order valence-corrected chi connectivity index (χ2v) is 4.58. The molecule has 3 aromatic rings. The number of benzene rings is 2. The smallest absolute Gasteiger partial charge is 0.238 e. The molecule has 21 heavy (non-hydrogen) atoms. The van der Waals surface area contributed by atoms with Gasteiger partial charge in [0.1, 0.15) is 0 Å². The van der Waals surface area contributed by atoms with Gasteiger partial charge < -0.3 is 11.1 Å². The van der Waals surface area contributed by atoms with Crippen LogP contribution < -0.4 is 11.1 Å². The van der Waals surface area contributed by atoms with Gasteiger partial charge in [-0.1, -0.05) is 24.3 Å². The summed E-state index contributed by atoms with van der Waals surface area (Å²) in [6.07, 6.45) is 1.73. The summed E-state index contributed by atoms with van der Waals surface area (Å²) in [5, 5.41) is 2.73. The summed E-state index contributed by atoms with van der Waals surface area (Å²) in [6, 6.07) is 15.2. The molecule has 0 radical (unpaired) electrons. The molecule has 5 nitrogen and oxygen atoms in total. The van der Waals surface area contributed by atoms with Crippen molar-refractivity contribution in [2.45, 2.75) is 0 Å². The lowest BCUT2D eigenvalue weighted by Crippen LogP contribution is -2.21. The fraction of sp³-hybridized carbons (Fsp3) is 0.0625. The van der Waals surface area contributed by atoms with Crippen molar-refractivity contribution < 1.29 is 4.79 Å². The lowest BCUT2D eigenvalue weighted by molar-refractivity contribution is -0.114. The molecule has 0 spiro atoms. The maximum absolute atomic E-state index is 11.3. The first-order valence-corrected chi connectivity index (χ1v) is 6.58. The van der Waals surface area contributed by atoms with Crippen LogP contribution in [0, 0.1) is 0 Å². The summed E-state index contributed by atoms with van der Waals surface area (Å²) in [6.45, 7) is -0.0417. The highest BCUT2D eigenvalue weighted by atomic mass is 16.1. The summed E-state index contributed by atoms with van der Waals surface area (Å²) in [7, 11) is 0. The molecule has 0 fully saturated rings. The molecule has 0 aliphatic carbocycles. The van der Waals surface area contributed by atoms with Crippen molar-refractivity contribution in [1.82, 2.24) is 9.97 Å². The van der Waals surface area contributed by atoms with Crippen LogP contribution in [-0.2, 0) is 4.79 Å². The SMILES string of the molecule is NCC(=O)Nc1cccc(-c2cnc3ccccc3n2)c1. The van der Waals surface area contributed by atoms with Crippen molar-refractivity contribution in [2.24, 2.45) is 5.73 Å². The van der Waals surface area contributed by atoms with E-state index < -0.39 is 0 Å². The van der Waals surface area contributed by atoms with Crippen LogP contribution in [0.1, 0.15) is 0 Å². The lowest BCUT2D eigenvalue weighted by Gasteiger charge is -2.07. The average Bonchev–Trinajstić information content (AvgIpc) is 2.54. The Morgan fingerprint density at radius 2 is 1.90 bits per heavy atom. The Morgan fingerprint density at radius 3 is 2.71 bits per heavy atom. The third-order valence-electron chi connectivity index (χ3n) is 3.08. The van der Waals surface area contributed by atoms with Gasteiger partial charge in [0.2, 0.25) is 5.91 Å². The lowest BCUT2D eigenvalue weighted by atomic mass is 10.1. The number of hydrogen-bond acceptors (Lipinski definition) is 4. The number of hydrogen-bond donors (Lipinski definition) is 2. The largest absolute Gasteiger partial charge is 0.325 e. The topological polar surface area (TPSA) is 80.9 Å². The number of fused-ring (bicyclic) bond motifs is 1. The molecule has 3 N–H and O–H groups in total. The van der Waals surface area contributed by atoms with E-state index in [1.165, 1.54) is 0 Å². The first-order valence-electron chi connectivity index (χ1n) is 6.58. The number of amides is 1. The van der Waals surface area contributed by atoms with E-state index in [9.17, 15) is 4.79 Å². The summed E-state index contributed by atoms with van der Waals surface area (Å²) >= 11 is 0. The zero-order valence-corrected chi connectivity index (χ0v) is 11.3. The zero-order valence-electron chi connectivity index (χ0n) is 11.3. The van der Waals surface area contributed by atoms with Gasteiger partial charge in [0, 0.05) is 11.3 Å². The van der Waals surface area contributed by atoms with E-state index >= 15 is 0 Å². The molecule has 1 heterocycles. The van der Waals surface area contributed by atoms with Crippen molar-refractivity contribution in [3.63, 3.8) is 0 Å². The van der Waals surface area contributed by atoms with Crippen molar-refractivity contribution in [3.8, 4) is 11.3 Å². The molecule has 104 valence electrons. The van der Waals surface area contributed by atoms with Crippen LogP contribution in [-0.4, -0.2) is 22.4 Å². The van der Waals surface area contributed by atoms with Crippen LogP contribution in [0.15, 0.2) is 54.7 Å². The number of carbonyl (C=O) groups is 1. The molecule has 5 heteroatoms. The molecule has 1 aromatic heterocycles. The molecule has 0 aliphatic rings. The van der Waals surface area contributed by atoms with Crippen molar-refractivity contribution >= 4 is 22.6 Å². The molecule has 0 bridgehead atoms. The fourth-order valence-corrected chi connectivity index (χ4v) is 2.06. The number of para-hydroxylation sites is 2. The first kappa shape index (κ1) is 13.2. The van der Waals surface area contributed by atoms with Crippen LogP contribution in [0.3, 0.4) is 0 Å². The third kappa shape index (κ3) is 2.88. The summed E-state index contributed by atoms with van der Waals surface area (Å²) in [4.78, 5) is 20.3. The Labute approximate surface area is 121 Å². The number of nitrogens with two attached hydrogens (primary N) is 1. The second kappa shape index (κ2) is 5.68. The molecule has 0 atom stereocenters. The Morgan fingerprint density at radius 1 is 1.10 bits per heavy atom. The summed E-state index contributed by atoms with van der Waals surface area (Å²) in [5.41, 5.74) is 9.34. The minimum absolute atomic E-state index is 0.0417. The van der Waals surface area contributed by atoms with E-state index in [0.717, 1.165) is 22.3 Å². The van der Waals surface area contributed by atoms with E-state index in [1.54, 1.807) is 6.20 Å². The molecule has 0 unspecified atom stereocenters. The molecular formula is C16H14N4O. The van der Waals surface area contributed by atoms with Gasteiger partial charge in [-0.15, -0.1) is 0 Å². The van der Waals surface area contributed by atoms with Gasteiger partial charge in [-0.2, -0.15) is 0 Å². The van der Waals surface area contributed by atoms with Crippen molar-refractivity contribution in [1.29, 1.82) is 0 Å². The van der Waals surface area contributed by atoms with Crippen LogP contribution in [0.25, 0.3) is 22.3 Å². The van der Waals surface area contributed by atoms with Gasteiger partial charge in [-0.05, 0) is 24.3 Å². The normalized spacial score (nSPS) is 10.5. The van der Waals surface area contributed by atoms with Crippen LogP contribution in [0.5, 0.6) is 0 Å². The minimum atomic E-state index is -0.225. The fourth-order valence-electron chi connectivity index (χ4n) is 2.06. The monoisotopic (exact) mass is 278 g/mol. The van der Waals surface area contributed by atoms with Crippen LogP contribution in [0.4, 0.5) is 5.69 Å². The van der Waals surface area contributed by atoms with E-state index in [-0.39, 0.29) is 12.5 Å². The molecular weight excluding hydrogens is 264 g/mol. The molecule has 0 aliphatic heterocycles. The van der Waals surface area contributed by atoms with Gasteiger partial charge in [0.15, 0.2) is 0 Å². The summed E-state index contributed by atoms with van der Waals surface area (Å²) in [5.74, 6) is -0.225.